The number of ketones is 1. The SMILES string of the molecule is CCCC1(CCC)c2ccccc2-c2ccc(C(C)(C)C(=O)C(C)/C=N/OC=O)cc21. The Morgan fingerprint density at radius 1 is 1.06 bits per heavy atom. The van der Waals surface area contributed by atoms with E-state index in [1.807, 2.05) is 13.8 Å². The smallest absolute Gasteiger partial charge is 0.322 e. The zero-order valence-corrected chi connectivity index (χ0v) is 19.3. The van der Waals surface area contributed by atoms with Crippen LogP contribution in [0.4, 0.5) is 0 Å². The molecule has 0 N–H and O–H groups in total. The summed E-state index contributed by atoms with van der Waals surface area (Å²) in [6.07, 6.45) is 5.78. The monoisotopic (exact) mass is 419 g/mol. The van der Waals surface area contributed by atoms with Gasteiger partial charge in [0.15, 0.2) is 5.78 Å². The first-order valence-corrected chi connectivity index (χ1v) is 11.3. The van der Waals surface area contributed by atoms with Crippen molar-refractivity contribution >= 4 is 18.5 Å². The molecule has 2 aromatic rings. The van der Waals surface area contributed by atoms with Crippen LogP contribution in [0.2, 0.25) is 0 Å². The molecule has 4 heteroatoms. The molecule has 4 nitrogen and oxygen atoms in total. The molecule has 1 atom stereocenters. The number of fused-ring (bicyclic) bond motifs is 3. The molecule has 0 aliphatic heterocycles. The van der Waals surface area contributed by atoms with Crippen molar-refractivity contribution in [3.05, 3.63) is 59.2 Å². The Morgan fingerprint density at radius 3 is 2.35 bits per heavy atom. The lowest BCUT2D eigenvalue weighted by Crippen LogP contribution is -2.35. The molecule has 1 aliphatic rings. The summed E-state index contributed by atoms with van der Waals surface area (Å²) in [6, 6.07) is 15.3. The van der Waals surface area contributed by atoms with Gasteiger partial charge in [-0.1, -0.05) is 81.2 Å². The average molecular weight is 420 g/mol. The van der Waals surface area contributed by atoms with Crippen molar-refractivity contribution in [1.82, 2.24) is 0 Å². The van der Waals surface area contributed by atoms with Crippen LogP contribution in [0.3, 0.4) is 0 Å². The molecule has 0 bridgehead atoms. The Bertz CT molecular complexity index is 984. The van der Waals surface area contributed by atoms with Crippen LogP contribution < -0.4 is 0 Å². The van der Waals surface area contributed by atoms with Gasteiger partial charge in [0.25, 0.3) is 0 Å². The number of hydrogen-bond acceptors (Lipinski definition) is 4. The number of nitrogens with zero attached hydrogens (tertiary/aromatic N) is 1. The number of carbonyl (C=O) groups excluding carboxylic acids is 2. The fourth-order valence-corrected chi connectivity index (χ4v) is 5.29. The summed E-state index contributed by atoms with van der Waals surface area (Å²) in [5, 5.41) is 3.56. The number of Topliss-reactive ketones (excluding diaryl/α,β-unsaturated/α-hetero) is 1. The largest absolute Gasteiger partial charge is 0.323 e. The van der Waals surface area contributed by atoms with Crippen LogP contribution in [0.15, 0.2) is 47.6 Å². The Labute approximate surface area is 185 Å². The first-order chi connectivity index (χ1) is 14.8. The minimum atomic E-state index is -0.694. The van der Waals surface area contributed by atoms with E-state index in [1.54, 1.807) is 6.92 Å². The fourth-order valence-electron chi connectivity index (χ4n) is 5.29. The molecule has 1 aliphatic carbocycles. The van der Waals surface area contributed by atoms with Crippen molar-refractivity contribution in [1.29, 1.82) is 0 Å². The highest BCUT2D eigenvalue weighted by Gasteiger charge is 2.43. The zero-order chi connectivity index (χ0) is 22.6. The lowest BCUT2D eigenvalue weighted by atomic mass is 9.69. The molecular formula is C27H33NO3. The molecular weight excluding hydrogens is 386 g/mol. The van der Waals surface area contributed by atoms with Crippen LogP contribution in [0, 0.1) is 5.92 Å². The topological polar surface area (TPSA) is 55.7 Å². The molecule has 0 spiro atoms. The van der Waals surface area contributed by atoms with E-state index in [9.17, 15) is 9.59 Å². The van der Waals surface area contributed by atoms with E-state index in [0.29, 0.717) is 0 Å². The second-order valence-corrected chi connectivity index (χ2v) is 9.12. The molecule has 164 valence electrons. The van der Waals surface area contributed by atoms with Crippen molar-refractivity contribution in [3.63, 3.8) is 0 Å². The number of rotatable bonds is 10. The van der Waals surface area contributed by atoms with Gasteiger partial charge in [0.05, 0.1) is 12.1 Å². The van der Waals surface area contributed by atoms with Crippen molar-refractivity contribution < 1.29 is 14.4 Å². The quantitative estimate of drug-likeness (QED) is 0.199. The maximum absolute atomic E-state index is 13.3. The molecule has 31 heavy (non-hydrogen) atoms. The molecule has 2 aromatic carbocycles. The predicted octanol–water partition coefficient (Wildman–Crippen LogP) is 6.19. The van der Waals surface area contributed by atoms with E-state index < -0.39 is 11.3 Å². The van der Waals surface area contributed by atoms with Crippen molar-refractivity contribution in [2.75, 3.05) is 0 Å². The Kier molecular flexibility index (Phi) is 6.78. The maximum Gasteiger partial charge on any atom is 0.323 e. The maximum atomic E-state index is 13.3. The Balaban J connectivity index is 2.09. The Morgan fingerprint density at radius 2 is 1.71 bits per heavy atom. The summed E-state index contributed by atoms with van der Waals surface area (Å²) in [5.74, 6) is -0.422. The summed E-state index contributed by atoms with van der Waals surface area (Å²) < 4.78 is 0. The van der Waals surface area contributed by atoms with Crippen LogP contribution in [0.25, 0.3) is 11.1 Å². The van der Waals surface area contributed by atoms with Gasteiger partial charge in [-0.15, -0.1) is 0 Å². The van der Waals surface area contributed by atoms with E-state index in [4.69, 9.17) is 0 Å². The highest BCUT2D eigenvalue weighted by molar-refractivity contribution is 6.01. The third-order valence-corrected chi connectivity index (χ3v) is 6.76. The standard InChI is InChI=1S/C27H33NO3/c1-6-14-27(15-7-2)23-11-9-8-10-21(23)22-13-12-20(16-24(22)27)26(4,5)25(30)19(3)17-28-31-18-29/h8-13,16-19H,6-7,14-15H2,1-5H3/b28-17+. The van der Waals surface area contributed by atoms with Gasteiger partial charge in [0, 0.05) is 10.8 Å². The third-order valence-electron chi connectivity index (χ3n) is 6.76. The van der Waals surface area contributed by atoms with Crippen LogP contribution in [-0.2, 0) is 25.3 Å². The first kappa shape index (κ1) is 22.9. The molecule has 1 unspecified atom stereocenters. The van der Waals surface area contributed by atoms with Gasteiger partial charge in [0.1, 0.15) is 0 Å². The fraction of sp³-hybridized carbons (Fsp3) is 0.444. The summed E-state index contributed by atoms with van der Waals surface area (Å²) in [4.78, 5) is 28.0. The van der Waals surface area contributed by atoms with E-state index in [1.165, 1.54) is 28.5 Å². The van der Waals surface area contributed by atoms with Crippen LogP contribution >= 0.6 is 0 Å². The van der Waals surface area contributed by atoms with Gasteiger partial charge in [-0.05, 0) is 54.5 Å². The van der Waals surface area contributed by atoms with Gasteiger partial charge in [-0.2, -0.15) is 0 Å². The van der Waals surface area contributed by atoms with Crippen LogP contribution in [-0.4, -0.2) is 18.5 Å². The summed E-state index contributed by atoms with van der Waals surface area (Å²) >= 11 is 0. The van der Waals surface area contributed by atoms with Gasteiger partial charge in [-0.25, -0.2) is 0 Å². The highest BCUT2D eigenvalue weighted by Crippen LogP contribution is 2.54. The molecule has 0 heterocycles. The van der Waals surface area contributed by atoms with Gasteiger partial charge < -0.3 is 4.84 Å². The molecule has 0 aromatic heterocycles. The van der Waals surface area contributed by atoms with Gasteiger partial charge in [0.2, 0.25) is 0 Å². The highest BCUT2D eigenvalue weighted by atomic mass is 16.7. The number of hydrogen-bond donors (Lipinski definition) is 0. The second kappa shape index (κ2) is 9.17. The number of benzene rings is 2. The zero-order valence-electron chi connectivity index (χ0n) is 19.3. The van der Waals surface area contributed by atoms with Gasteiger partial charge >= 0.3 is 6.47 Å². The molecule has 0 fully saturated rings. The number of carbonyl (C=O) groups is 2. The summed E-state index contributed by atoms with van der Waals surface area (Å²) in [6.45, 7) is 10.5. The lowest BCUT2D eigenvalue weighted by molar-refractivity contribution is -0.129. The average Bonchev–Trinajstić information content (AvgIpc) is 3.03. The van der Waals surface area contributed by atoms with Crippen LogP contribution in [0.5, 0.6) is 0 Å². The molecule has 0 amide bonds. The summed E-state index contributed by atoms with van der Waals surface area (Å²) in [7, 11) is 0. The molecule has 3 rings (SSSR count). The van der Waals surface area contributed by atoms with Crippen LogP contribution in [0.1, 0.15) is 77.0 Å². The minimum Gasteiger partial charge on any atom is -0.322 e. The predicted molar refractivity (Wildman–Crippen MR) is 125 cm³/mol. The summed E-state index contributed by atoms with van der Waals surface area (Å²) in [5.41, 5.74) is 5.69. The Hall–Kier alpha value is -2.75. The van der Waals surface area contributed by atoms with E-state index in [-0.39, 0.29) is 17.7 Å². The van der Waals surface area contributed by atoms with Crippen molar-refractivity contribution in [2.45, 2.75) is 71.1 Å². The third kappa shape index (κ3) is 3.96. The van der Waals surface area contributed by atoms with E-state index in [0.717, 1.165) is 31.2 Å². The second-order valence-electron chi connectivity index (χ2n) is 9.12. The minimum absolute atomic E-state index is 0.00452. The number of oxime groups is 1. The van der Waals surface area contributed by atoms with E-state index >= 15 is 0 Å². The molecule has 0 saturated carbocycles. The molecule has 0 radical (unpaired) electrons. The van der Waals surface area contributed by atoms with Gasteiger partial charge in [-0.3, -0.25) is 9.59 Å². The lowest BCUT2D eigenvalue weighted by Gasteiger charge is -2.33. The van der Waals surface area contributed by atoms with Crippen molar-refractivity contribution in [2.24, 2.45) is 11.1 Å². The molecule has 0 saturated heterocycles. The first-order valence-electron chi connectivity index (χ1n) is 11.3. The normalized spacial score (nSPS) is 15.4. The van der Waals surface area contributed by atoms with Crippen molar-refractivity contribution in [3.8, 4) is 11.1 Å². The van der Waals surface area contributed by atoms with E-state index in [2.05, 4.69) is 66.3 Å².